The van der Waals surface area contributed by atoms with Crippen LogP contribution in [0.15, 0.2) is 60.9 Å². The molecule has 1 aromatic carbocycles. The van der Waals surface area contributed by atoms with Crippen molar-refractivity contribution in [1.29, 1.82) is 0 Å². The smallest absolute Gasteiger partial charge is 0.412 e. The Labute approximate surface area is 253 Å². The molecule has 9 nitrogen and oxygen atoms in total. The number of piperidine rings is 1. The number of rotatable bonds is 6. The first-order valence-electron chi connectivity index (χ1n) is 14.9. The number of nitrogens with zero attached hydrogens (tertiary/aromatic N) is 5. The van der Waals surface area contributed by atoms with E-state index < -0.39 is 11.7 Å². The van der Waals surface area contributed by atoms with Crippen molar-refractivity contribution >= 4 is 28.7 Å². The third kappa shape index (κ3) is 6.72. The number of hydrogen-bond donors (Lipinski definition) is 1. The number of likely N-dealkylation sites (tertiary alicyclic amines) is 1. The van der Waals surface area contributed by atoms with Crippen LogP contribution in [0.2, 0.25) is 0 Å². The summed E-state index contributed by atoms with van der Waals surface area (Å²) >= 11 is 0. The zero-order valence-electron chi connectivity index (χ0n) is 26.2. The molecule has 2 amide bonds. The van der Waals surface area contributed by atoms with Crippen LogP contribution in [-0.2, 0) is 11.8 Å². The molecule has 0 bridgehead atoms. The average molecular weight is 583 g/mol. The van der Waals surface area contributed by atoms with Gasteiger partial charge in [-0.25, -0.2) is 9.78 Å². The summed E-state index contributed by atoms with van der Waals surface area (Å²) in [6.07, 6.45) is 5.12. The third-order valence-electron chi connectivity index (χ3n) is 8.19. The maximum Gasteiger partial charge on any atom is 0.412 e. The Bertz CT molecular complexity index is 1590. The van der Waals surface area contributed by atoms with Crippen molar-refractivity contribution in [2.24, 2.45) is 7.05 Å². The number of hydrogen-bond acceptors (Lipinski definition) is 6. The minimum absolute atomic E-state index is 0.0331. The Morgan fingerprint density at radius 1 is 1.02 bits per heavy atom. The van der Waals surface area contributed by atoms with Crippen LogP contribution in [0.3, 0.4) is 0 Å². The van der Waals surface area contributed by atoms with E-state index in [1.165, 1.54) is 11.3 Å². The fraction of sp³-hybridized carbons (Fsp3) is 0.412. The number of aromatic nitrogens is 3. The number of amides is 2. The molecule has 0 aliphatic carbocycles. The molecule has 1 aliphatic heterocycles. The molecular formula is C34H42N6O3. The normalized spacial score (nSPS) is 15.3. The maximum atomic E-state index is 12.3. The molecule has 1 atom stereocenters. The molecule has 4 aromatic rings. The highest BCUT2D eigenvalue weighted by atomic mass is 16.6. The van der Waals surface area contributed by atoms with Gasteiger partial charge >= 0.3 is 6.09 Å². The number of nitrogens with one attached hydrogen (secondary N) is 1. The van der Waals surface area contributed by atoms with Gasteiger partial charge in [-0.2, -0.15) is 0 Å². The molecule has 4 heterocycles. The Morgan fingerprint density at radius 2 is 1.72 bits per heavy atom. The first-order valence-corrected chi connectivity index (χ1v) is 14.9. The molecule has 0 saturated carbocycles. The van der Waals surface area contributed by atoms with Crippen LogP contribution in [0.1, 0.15) is 74.1 Å². The van der Waals surface area contributed by atoms with E-state index in [1.54, 1.807) is 25.2 Å². The molecular weight excluding hydrogens is 540 g/mol. The molecule has 3 aromatic heterocycles. The lowest BCUT2D eigenvalue weighted by atomic mass is 9.88. The van der Waals surface area contributed by atoms with E-state index >= 15 is 0 Å². The highest BCUT2D eigenvalue weighted by molar-refractivity contribution is 5.94. The number of carbonyl (C=O) groups is 2. The van der Waals surface area contributed by atoms with Crippen LogP contribution >= 0.6 is 0 Å². The van der Waals surface area contributed by atoms with Gasteiger partial charge in [0.25, 0.3) is 5.91 Å². The Hall–Kier alpha value is -4.24. The zero-order chi connectivity index (χ0) is 30.9. The lowest BCUT2D eigenvalue weighted by molar-refractivity contribution is 0.0635. The van der Waals surface area contributed by atoms with E-state index in [1.807, 2.05) is 57.3 Å². The predicted molar refractivity (Wildman–Crippen MR) is 170 cm³/mol. The van der Waals surface area contributed by atoms with Gasteiger partial charge in [0.1, 0.15) is 11.2 Å². The van der Waals surface area contributed by atoms with Crippen molar-refractivity contribution in [1.82, 2.24) is 24.3 Å². The van der Waals surface area contributed by atoms with Crippen molar-refractivity contribution < 1.29 is 14.3 Å². The largest absolute Gasteiger partial charge is 0.444 e. The number of pyridine rings is 2. The van der Waals surface area contributed by atoms with Gasteiger partial charge in [-0.1, -0.05) is 12.1 Å². The van der Waals surface area contributed by atoms with Crippen LogP contribution in [0.4, 0.5) is 10.5 Å². The maximum absolute atomic E-state index is 12.3. The zero-order valence-corrected chi connectivity index (χ0v) is 26.2. The number of anilines is 1. The minimum atomic E-state index is -0.571. The molecule has 1 fully saturated rings. The molecule has 0 spiro atoms. The van der Waals surface area contributed by atoms with E-state index in [2.05, 4.69) is 51.9 Å². The summed E-state index contributed by atoms with van der Waals surface area (Å²) < 4.78 is 7.53. The van der Waals surface area contributed by atoms with Gasteiger partial charge in [0.15, 0.2) is 0 Å². The van der Waals surface area contributed by atoms with E-state index in [0.29, 0.717) is 11.6 Å². The number of carbonyl (C=O) groups excluding carboxylic acids is 2. The van der Waals surface area contributed by atoms with Gasteiger partial charge in [-0.3, -0.25) is 20.0 Å². The first-order chi connectivity index (χ1) is 20.4. The Balaban J connectivity index is 1.28. The van der Waals surface area contributed by atoms with Crippen molar-refractivity contribution in [3.8, 4) is 11.3 Å². The second-order valence-corrected chi connectivity index (χ2v) is 12.6. The topological polar surface area (TPSA) is 92.6 Å². The molecule has 1 N–H and O–H groups in total. The fourth-order valence-electron chi connectivity index (χ4n) is 5.87. The summed E-state index contributed by atoms with van der Waals surface area (Å²) in [5.74, 6) is 0.525. The monoisotopic (exact) mass is 582 g/mol. The molecule has 1 aliphatic rings. The highest BCUT2D eigenvalue weighted by Gasteiger charge is 2.27. The third-order valence-corrected chi connectivity index (χ3v) is 8.19. The molecule has 5 rings (SSSR count). The standard InChI is InChI=1S/C34H42N6O3/c1-22(40-18-15-24(16-19-40)23-8-10-25(11-9-23)32(41)38(5)6)30-20-28-27(14-17-35-31(28)39(30)7)29-13-12-26(21-36-29)37-33(42)43-34(2,3)4/h8-14,17,20-22,24H,15-16,18-19H2,1-7H3,(H,37,42). The van der Waals surface area contributed by atoms with Crippen molar-refractivity contribution in [2.75, 3.05) is 32.5 Å². The number of fused-ring (bicyclic) bond motifs is 1. The van der Waals surface area contributed by atoms with Crippen molar-refractivity contribution in [2.45, 2.75) is 58.1 Å². The minimum Gasteiger partial charge on any atom is -0.444 e. The van der Waals surface area contributed by atoms with Crippen LogP contribution in [0, 0.1) is 0 Å². The summed E-state index contributed by atoms with van der Waals surface area (Å²) in [6, 6.07) is 16.3. The van der Waals surface area contributed by atoms with Gasteiger partial charge < -0.3 is 14.2 Å². The molecule has 1 unspecified atom stereocenters. The molecule has 9 heteroatoms. The van der Waals surface area contributed by atoms with Crippen LogP contribution in [-0.4, -0.2) is 69.1 Å². The molecule has 1 saturated heterocycles. The Kier molecular flexibility index (Phi) is 8.55. The van der Waals surface area contributed by atoms with Gasteiger partial charge in [-0.15, -0.1) is 0 Å². The molecule has 226 valence electrons. The lowest BCUT2D eigenvalue weighted by Crippen LogP contribution is -2.35. The van der Waals surface area contributed by atoms with Gasteiger partial charge in [-0.05, 0) is 102 Å². The first kappa shape index (κ1) is 30.2. The second-order valence-electron chi connectivity index (χ2n) is 12.6. The van der Waals surface area contributed by atoms with Gasteiger partial charge in [0, 0.05) is 55.6 Å². The quantitative estimate of drug-likeness (QED) is 0.275. The van der Waals surface area contributed by atoms with Crippen molar-refractivity contribution in [3.05, 3.63) is 77.7 Å². The van der Waals surface area contributed by atoms with Crippen LogP contribution in [0.5, 0.6) is 0 Å². The second kappa shape index (κ2) is 12.2. The SMILES string of the molecule is CC(c1cc2c(-c3ccc(NC(=O)OC(C)(C)C)cn3)ccnc2n1C)N1CCC(c2ccc(C(=O)N(C)C)cc2)CC1. The van der Waals surface area contributed by atoms with Crippen LogP contribution < -0.4 is 5.32 Å². The molecule has 43 heavy (non-hydrogen) atoms. The Morgan fingerprint density at radius 3 is 2.33 bits per heavy atom. The van der Waals surface area contributed by atoms with E-state index in [0.717, 1.165) is 53.8 Å². The number of benzene rings is 1. The summed E-state index contributed by atoms with van der Waals surface area (Å²) in [5, 5.41) is 3.79. The van der Waals surface area contributed by atoms with E-state index in [4.69, 9.17) is 9.72 Å². The summed E-state index contributed by atoms with van der Waals surface area (Å²) in [6.45, 7) is 9.76. The lowest BCUT2D eigenvalue weighted by Gasteiger charge is -2.36. The van der Waals surface area contributed by atoms with Crippen LogP contribution in [0.25, 0.3) is 22.3 Å². The van der Waals surface area contributed by atoms with Gasteiger partial charge in [0.2, 0.25) is 0 Å². The highest BCUT2D eigenvalue weighted by Crippen LogP contribution is 2.36. The molecule has 0 radical (unpaired) electrons. The van der Waals surface area contributed by atoms with Crippen molar-refractivity contribution in [3.63, 3.8) is 0 Å². The summed E-state index contributed by atoms with van der Waals surface area (Å²) in [7, 11) is 5.64. The number of ether oxygens (including phenoxy) is 1. The van der Waals surface area contributed by atoms with E-state index in [9.17, 15) is 9.59 Å². The predicted octanol–water partition coefficient (Wildman–Crippen LogP) is 6.62. The van der Waals surface area contributed by atoms with E-state index in [-0.39, 0.29) is 11.9 Å². The average Bonchev–Trinajstić information content (AvgIpc) is 3.32. The number of aryl methyl sites for hydroxylation is 1. The fourth-order valence-corrected chi connectivity index (χ4v) is 5.87. The summed E-state index contributed by atoms with van der Waals surface area (Å²) in [4.78, 5) is 37.9. The summed E-state index contributed by atoms with van der Waals surface area (Å²) in [5.41, 5.74) is 5.98. The van der Waals surface area contributed by atoms with Gasteiger partial charge in [0.05, 0.1) is 17.6 Å².